The average molecular weight is 512 g/mol. The number of nitrogens with zero attached hydrogens (tertiary/aromatic N) is 3. The minimum absolute atomic E-state index is 0.0662. The van der Waals surface area contributed by atoms with E-state index in [0.29, 0.717) is 16.9 Å². The second-order valence-corrected chi connectivity index (χ2v) is 10.0. The molecule has 8 heteroatoms. The molecule has 184 valence electrons. The molecule has 0 aliphatic carbocycles. The summed E-state index contributed by atoms with van der Waals surface area (Å²) in [7, 11) is 0. The topological polar surface area (TPSA) is 77.1 Å². The first-order valence-corrected chi connectivity index (χ1v) is 12.9. The van der Waals surface area contributed by atoms with E-state index in [1.54, 1.807) is 36.3 Å². The van der Waals surface area contributed by atoms with Crippen LogP contribution in [0.5, 0.6) is 0 Å². The smallest absolute Gasteiger partial charge is 0.305 e. The highest BCUT2D eigenvalue weighted by atomic mass is 32.2. The van der Waals surface area contributed by atoms with Gasteiger partial charge in [0, 0.05) is 70.4 Å². The van der Waals surface area contributed by atoms with E-state index in [2.05, 4.69) is 9.55 Å². The van der Waals surface area contributed by atoms with E-state index in [1.807, 2.05) is 53.4 Å². The molecule has 2 aromatic carbocycles. The molecule has 6 rings (SSSR count). The number of aryl methyl sites for hydroxylation is 1. The Kier molecular flexibility index (Phi) is 5.88. The zero-order valence-electron chi connectivity index (χ0n) is 19.7. The van der Waals surface area contributed by atoms with Gasteiger partial charge in [0.1, 0.15) is 11.2 Å². The molecule has 1 aliphatic rings. The molecule has 0 amide bonds. The molecule has 0 saturated heterocycles. The second kappa shape index (κ2) is 9.37. The number of thioether (sulfide) groups is 1. The lowest BCUT2D eigenvalue weighted by molar-refractivity contribution is -0.137. The first-order chi connectivity index (χ1) is 18.0. The van der Waals surface area contributed by atoms with Gasteiger partial charge in [-0.1, -0.05) is 30.3 Å². The number of aromatic nitrogens is 3. The van der Waals surface area contributed by atoms with Gasteiger partial charge in [-0.25, -0.2) is 4.39 Å². The van der Waals surface area contributed by atoms with Gasteiger partial charge in [0.15, 0.2) is 5.78 Å². The number of carboxylic acids is 1. The number of carboxylic acid groups (broad SMARTS) is 1. The minimum atomic E-state index is -0.909. The lowest BCUT2D eigenvalue weighted by Gasteiger charge is -2.11. The van der Waals surface area contributed by atoms with Gasteiger partial charge in [0.05, 0.1) is 6.42 Å². The van der Waals surface area contributed by atoms with Gasteiger partial charge in [-0.15, -0.1) is 11.8 Å². The monoisotopic (exact) mass is 511 g/mol. The van der Waals surface area contributed by atoms with Crippen molar-refractivity contribution in [2.24, 2.45) is 0 Å². The molecule has 0 unspecified atom stereocenters. The maximum atomic E-state index is 13.9. The molecule has 1 aliphatic heterocycles. The summed E-state index contributed by atoms with van der Waals surface area (Å²) < 4.78 is 17.4. The van der Waals surface area contributed by atoms with Gasteiger partial charge in [-0.3, -0.25) is 14.6 Å². The SMILES string of the molecule is O=C(O)CCn1cc(C(=O)c2ccn3c2CS[C@@H]3c2cccnc2)c2ccc(-c3ccc(F)cc3)cc21. The predicted octanol–water partition coefficient (Wildman–Crippen LogP) is 6.14. The van der Waals surface area contributed by atoms with Gasteiger partial charge in [-0.05, 0) is 41.5 Å². The predicted molar refractivity (Wildman–Crippen MR) is 141 cm³/mol. The van der Waals surface area contributed by atoms with Crippen LogP contribution in [0, 0.1) is 5.82 Å². The third kappa shape index (κ3) is 4.23. The molecule has 0 fully saturated rings. The lowest BCUT2D eigenvalue weighted by atomic mass is 10.00. The number of carbonyl (C=O) groups is 2. The number of aliphatic carboxylic acids is 1. The van der Waals surface area contributed by atoms with Crippen molar-refractivity contribution < 1.29 is 19.1 Å². The summed E-state index contributed by atoms with van der Waals surface area (Å²) in [6.07, 6.45) is 7.24. The zero-order valence-corrected chi connectivity index (χ0v) is 20.5. The number of fused-ring (bicyclic) bond motifs is 2. The molecule has 1 N–H and O–H groups in total. The van der Waals surface area contributed by atoms with Crippen LogP contribution in [-0.2, 0) is 17.1 Å². The van der Waals surface area contributed by atoms with Gasteiger partial charge in [0.2, 0.25) is 0 Å². The van der Waals surface area contributed by atoms with Crippen LogP contribution in [0.1, 0.15) is 39.0 Å². The van der Waals surface area contributed by atoms with Crippen LogP contribution in [-0.4, -0.2) is 31.0 Å². The van der Waals surface area contributed by atoms with Crippen molar-refractivity contribution in [2.45, 2.75) is 24.1 Å². The normalized spacial score (nSPS) is 14.7. The average Bonchev–Trinajstić information content (AvgIpc) is 3.61. The quantitative estimate of drug-likeness (QED) is 0.266. The summed E-state index contributed by atoms with van der Waals surface area (Å²) in [5.41, 5.74) is 5.71. The molecular weight excluding hydrogens is 489 g/mol. The van der Waals surface area contributed by atoms with Gasteiger partial charge < -0.3 is 14.2 Å². The molecular formula is C29H22FN3O3S. The number of pyridine rings is 1. The van der Waals surface area contributed by atoms with Crippen LogP contribution in [0.3, 0.4) is 0 Å². The van der Waals surface area contributed by atoms with Crippen molar-refractivity contribution in [3.63, 3.8) is 0 Å². The molecule has 5 aromatic rings. The fraction of sp³-hybridized carbons (Fsp3) is 0.138. The van der Waals surface area contributed by atoms with Crippen molar-refractivity contribution >= 4 is 34.4 Å². The summed E-state index contributed by atoms with van der Waals surface area (Å²) in [5.74, 6) is -0.602. The van der Waals surface area contributed by atoms with E-state index in [4.69, 9.17) is 0 Å². The molecule has 0 radical (unpaired) electrons. The van der Waals surface area contributed by atoms with Gasteiger partial charge in [0.25, 0.3) is 0 Å². The highest BCUT2D eigenvalue weighted by Gasteiger charge is 2.30. The van der Waals surface area contributed by atoms with Crippen LogP contribution < -0.4 is 0 Å². The molecule has 1 atom stereocenters. The van der Waals surface area contributed by atoms with Crippen LogP contribution >= 0.6 is 11.8 Å². The Labute approximate surface area is 216 Å². The van der Waals surface area contributed by atoms with E-state index in [9.17, 15) is 19.1 Å². The molecule has 37 heavy (non-hydrogen) atoms. The van der Waals surface area contributed by atoms with E-state index < -0.39 is 5.97 Å². The molecule has 3 aromatic heterocycles. The number of ketones is 1. The summed E-state index contributed by atoms with van der Waals surface area (Å²) in [5, 5.41) is 10.1. The molecule has 0 saturated carbocycles. The Morgan fingerprint density at radius 1 is 1.05 bits per heavy atom. The molecule has 6 nitrogen and oxygen atoms in total. The van der Waals surface area contributed by atoms with Crippen LogP contribution in [0.25, 0.3) is 22.0 Å². The lowest BCUT2D eigenvalue weighted by Crippen LogP contribution is -2.06. The third-order valence-electron chi connectivity index (χ3n) is 6.74. The Hall–Kier alpha value is -4.17. The van der Waals surface area contributed by atoms with Crippen molar-refractivity contribution in [1.29, 1.82) is 0 Å². The van der Waals surface area contributed by atoms with E-state index in [0.717, 1.165) is 33.3 Å². The molecule has 0 spiro atoms. The van der Waals surface area contributed by atoms with Crippen LogP contribution in [0.4, 0.5) is 4.39 Å². The minimum Gasteiger partial charge on any atom is -0.481 e. The highest BCUT2D eigenvalue weighted by Crippen LogP contribution is 2.42. The molecule has 0 bridgehead atoms. The first-order valence-electron chi connectivity index (χ1n) is 11.9. The fourth-order valence-corrected chi connectivity index (χ4v) is 6.23. The standard InChI is InChI=1S/C29H22FN3O3S/c30-21-6-3-18(4-7-21)19-5-8-22-24(16-32(25(22)14-19)12-10-27(34)35)28(36)23-9-13-33-26(23)17-37-29(33)20-2-1-11-31-15-20/h1-9,11,13-16,29H,10,12,17H2,(H,34,35)/t29-/m1/s1. The van der Waals surface area contributed by atoms with Crippen LogP contribution in [0.2, 0.25) is 0 Å². The van der Waals surface area contributed by atoms with Crippen molar-refractivity contribution in [3.8, 4) is 11.1 Å². The number of hydrogen-bond donors (Lipinski definition) is 1. The van der Waals surface area contributed by atoms with Crippen molar-refractivity contribution in [2.75, 3.05) is 0 Å². The van der Waals surface area contributed by atoms with E-state index in [1.165, 1.54) is 12.1 Å². The molecule has 4 heterocycles. The fourth-order valence-electron chi connectivity index (χ4n) is 4.92. The number of rotatable bonds is 7. The first kappa shape index (κ1) is 23.2. The summed E-state index contributed by atoms with van der Waals surface area (Å²) in [6.45, 7) is 0.235. The Morgan fingerprint density at radius 3 is 2.62 bits per heavy atom. The van der Waals surface area contributed by atoms with Crippen molar-refractivity contribution in [1.82, 2.24) is 14.1 Å². The summed E-state index contributed by atoms with van der Waals surface area (Å²) in [4.78, 5) is 29.4. The summed E-state index contributed by atoms with van der Waals surface area (Å²) >= 11 is 1.75. The second-order valence-electron chi connectivity index (χ2n) is 8.98. The Bertz CT molecular complexity index is 1640. The maximum Gasteiger partial charge on any atom is 0.305 e. The number of halogens is 1. The van der Waals surface area contributed by atoms with Gasteiger partial charge >= 0.3 is 5.97 Å². The Balaban J connectivity index is 1.41. The summed E-state index contributed by atoms with van der Waals surface area (Å²) in [6, 6.07) is 17.8. The van der Waals surface area contributed by atoms with Gasteiger partial charge in [-0.2, -0.15) is 0 Å². The van der Waals surface area contributed by atoms with E-state index >= 15 is 0 Å². The van der Waals surface area contributed by atoms with E-state index in [-0.39, 0.29) is 29.9 Å². The van der Waals surface area contributed by atoms with Crippen molar-refractivity contribution in [3.05, 3.63) is 114 Å². The Morgan fingerprint density at radius 2 is 1.86 bits per heavy atom. The highest BCUT2D eigenvalue weighted by molar-refractivity contribution is 7.99. The number of hydrogen-bond acceptors (Lipinski definition) is 4. The largest absolute Gasteiger partial charge is 0.481 e. The third-order valence-corrected chi connectivity index (χ3v) is 8.00. The van der Waals surface area contributed by atoms with Crippen LogP contribution in [0.15, 0.2) is 85.5 Å². The number of benzene rings is 2. The maximum absolute atomic E-state index is 13.9. The number of carbonyl (C=O) groups excluding carboxylic acids is 1. The zero-order chi connectivity index (χ0) is 25.5.